The van der Waals surface area contributed by atoms with E-state index in [4.69, 9.17) is 21.7 Å². The lowest BCUT2D eigenvalue weighted by Crippen LogP contribution is -2.49. The molecule has 0 saturated heterocycles. The van der Waals surface area contributed by atoms with Crippen molar-refractivity contribution in [2.24, 2.45) is 5.92 Å². The molecule has 0 atom stereocenters. The van der Waals surface area contributed by atoms with Crippen LogP contribution in [0.15, 0.2) is 22.7 Å². The van der Waals surface area contributed by atoms with Gasteiger partial charge in [-0.05, 0) is 43.3 Å². The molecule has 0 radical (unpaired) electrons. The standard InChI is InChI=1S/C16H22BrN3O4S/c1-4-23-9-14(21)19-20-16(25)18-15(22)12-7-11(17)5-6-13(12)24-8-10(2)3/h5-7,10H,4,8-9H2,1-3H3,(H,19,21)(H2,18,20,22,25). The van der Waals surface area contributed by atoms with Gasteiger partial charge in [0.2, 0.25) is 0 Å². The van der Waals surface area contributed by atoms with Crippen molar-refractivity contribution in [1.29, 1.82) is 0 Å². The monoisotopic (exact) mass is 431 g/mol. The van der Waals surface area contributed by atoms with Crippen molar-refractivity contribution >= 4 is 45.1 Å². The van der Waals surface area contributed by atoms with E-state index < -0.39 is 11.8 Å². The number of benzene rings is 1. The van der Waals surface area contributed by atoms with E-state index in [1.807, 2.05) is 13.8 Å². The summed E-state index contributed by atoms with van der Waals surface area (Å²) < 4.78 is 11.4. The SMILES string of the molecule is CCOCC(=O)NNC(=S)NC(=O)c1cc(Br)ccc1OCC(C)C. The summed E-state index contributed by atoms with van der Waals surface area (Å²) in [7, 11) is 0. The third-order valence-corrected chi connectivity index (χ3v) is 3.44. The Morgan fingerprint density at radius 3 is 2.64 bits per heavy atom. The molecule has 0 aliphatic carbocycles. The Morgan fingerprint density at radius 1 is 1.28 bits per heavy atom. The molecule has 1 rings (SSSR count). The molecule has 25 heavy (non-hydrogen) atoms. The lowest BCUT2D eigenvalue weighted by molar-refractivity contribution is -0.126. The van der Waals surface area contributed by atoms with Crippen LogP contribution in [0.2, 0.25) is 0 Å². The molecule has 0 unspecified atom stereocenters. The van der Waals surface area contributed by atoms with Crippen LogP contribution in [0.4, 0.5) is 0 Å². The number of halogens is 1. The second-order valence-electron chi connectivity index (χ2n) is 5.44. The molecule has 0 aliphatic rings. The van der Waals surface area contributed by atoms with Gasteiger partial charge in [0.1, 0.15) is 12.4 Å². The summed E-state index contributed by atoms with van der Waals surface area (Å²) in [5.41, 5.74) is 5.11. The van der Waals surface area contributed by atoms with Gasteiger partial charge in [-0.3, -0.25) is 25.8 Å². The van der Waals surface area contributed by atoms with Crippen molar-refractivity contribution in [3.8, 4) is 5.75 Å². The van der Waals surface area contributed by atoms with E-state index in [1.54, 1.807) is 25.1 Å². The molecule has 138 valence electrons. The molecule has 1 aromatic rings. The Kier molecular flexibility index (Phi) is 9.40. The van der Waals surface area contributed by atoms with Gasteiger partial charge in [0.05, 0.1) is 12.2 Å². The van der Waals surface area contributed by atoms with Gasteiger partial charge in [-0.15, -0.1) is 0 Å². The minimum absolute atomic E-state index is 0.0374. The number of ether oxygens (including phenoxy) is 2. The van der Waals surface area contributed by atoms with Crippen LogP contribution in [-0.2, 0) is 9.53 Å². The third-order valence-electron chi connectivity index (χ3n) is 2.74. The normalized spacial score (nSPS) is 10.3. The smallest absolute Gasteiger partial charge is 0.264 e. The number of rotatable bonds is 7. The molecule has 1 aromatic carbocycles. The highest BCUT2D eigenvalue weighted by Crippen LogP contribution is 2.23. The van der Waals surface area contributed by atoms with E-state index in [0.29, 0.717) is 30.4 Å². The van der Waals surface area contributed by atoms with Crippen LogP contribution in [0.5, 0.6) is 5.75 Å². The number of hydrogen-bond donors (Lipinski definition) is 3. The van der Waals surface area contributed by atoms with E-state index >= 15 is 0 Å². The van der Waals surface area contributed by atoms with Gasteiger partial charge in [0, 0.05) is 11.1 Å². The average Bonchev–Trinajstić information content (AvgIpc) is 2.56. The van der Waals surface area contributed by atoms with Gasteiger partial charge in [-0.2, -0.15) is 0 Å². The summed E-state index contributed by atoms with van der Waals surface area (Å²) in [6.45, 7) is 6.63. The van der Waals surface area contributed by atoms with Crippen molar-refractivity contribution in [1.82, 2.24) is 16.2 Å². The van der Waals surface area contributed by atoms with Crippen LogP contribution in [-0.4, -0.2) is 36.7 Å². The van der Waals surface area contributed by atoms with Crippen LogP contribution in [0.3, 0.4) is 0 Å². The summed E-state index contributed by atoms with van der Waals surface area (Å²) >= 11 is 8.32. The van der Waals surface area contributed by atoms with Crippen LogP contribution in [0, 0.1) is 5.92 Å². The van der Waals surface area contributed by atoms with Gasteiger partial charge in [0.15, 0.2) is 5.11 Å². The van der Waals surface area contributed by atoms with Crippen LogP contribution in [0.1, 0.15) is 31.1 Å². The number of amides is 2. The van der Waals surface area contributed by atoms with Gasteiger partial charge in [-0.25, -0.2) is 0 Å². The number of hydrogen-bond acceptors (Lipinski definition) is 5. The quantitative estimate of drug-likeness (QED) is 0.452. The predicted octanol–water partition coefficient (Wildman–Crippen LogP) is 2.16. The molecule has 0 saturated carbocycles. The maximum atomic E-state index is 12.4. The minimum atomic E-state index is -0.448. The first-order valence-electron chi connectivity index (χ1n) is 7.73. The molecule has 0 spiro atoms. The van der Waals surface area contributed by atoms with E-state index in [0.717, 1.165) is 4.47 Å². The van der Waals surface area contributed by atoms with Gasteiger partial charge < -0.3 is 9.47 Å². The molecule has 0 bridgehead atoms. The molecular formula is C16H22BrN3O4S. The highest BCUT2D eigenvalue weighted by Gasteiger charge is 2.15. The number of nitrogens with one attached hydrogen (secondary N) is 3. The molecule has 0 heterocycles. The van der Waals surface area contributed by atoms with Gasteiger partial charge >= 0.3 is 0 Å². The third kappa shape index (κ3) is 8.28. The predicted molar refractivity (Wildman–Crippen MR) is 102 cm³/mol. The molecule has 2 amide bonds. The Morgan fingerprint density at radius 2 is 2.00 bits per heavy atom. The van der Waals surface area contributed by atoms with Crippen LogP contribution >= 0.6 is 28.1 Å². The summed E-state index contributed by atoms with van der Waals surface area (Å²) in [6, 6.07) is 5.14. The highest BCUT2D eigenvalue weighted by molar-refractivity contribution is 9.10. The summed E-state index contributed by atoms with van der Waals surface area (Å²) in [5.74, 6) is -0.0705. The van der Waals surface area contributed by atoms with Crippen molar-refractivity contribution in [3.63, 3.8) is 0 Å². The number of hydrazine groups is 1. The largest absolute Gasteiger partial charge is 0.492 e. The topological polar surface area (TPSA) is 88.7 Å². The average molecular weight is 432 g/mol. The Bertz CT molecular complexity index is 625. The zero-order chi connectivity index (χ0) is 18.8. The molecule has 0 aliphatic heterocycles. The Balaban J connectivity index is 2.65. The summed E-state index contributed by atoms with van der Waals surface area (Å²) in [4.78, 5) is 23.8. The molecule has 0 aromatic heterocycles. The van der Waals surface area contributed by atoms with E-state index in [1.165, 1.54) is 0 Å². The first kappa shape index (κ1) is 21.3. The van der Waals surface area contributed by atoms with E-state index in [2.05, 4.69) is 32.1 Å². The molecule has 7 nitrogen and oxygen atoms in total. The minimum Gasteiger partial charge on any atom is -0.492 e. The van der Waals surface area contributed by atoms with E-state index in [9.17, 15) is 9.59 Å². The van der Waals surface area contributed by atoms with Crippen LogP contribution in [0.25, 0.3) is 0 Å². The van der Waals surface area contributed by atoms with E-state index in [-0.39, 0.29) is 11.7 Å². The first-order valence-corrected chi connectivity index (χ1v) is 8.93. The zero-order valence-corrected chi connectivity index (χ0v) is 16.8. The number of carbonyl (C=O) groups excluding carboxylic acids is 2. The first-order chi connectivity index (χ1) is 11.8. The van der Waals surface area contributed by atoms with Gasteiger partial charge in [0.25, 0.3) is 11.8 Å². The maximum Gasteiger partial charge on any atom is 0.264 e. The lowest BCUT2D eigenvalue weighted by Gasteiger charge is -2.15. The number of carbonyl (C=O) groups is 2. The maximum absolute atomic E-state index is 12.4. The van der Waals surface area contributed by atoms with Gasteiger partial charge in [-0.1, -0.05) is 29.8 Å². The lowest BCUT2D eigenvalue weighted by atomic mass is 10.2. The Labute approximate surface area is 160 Å². The van der Waals surface area contributed by atoms with Crippen LogP contribution < -0.4 is 20.9 Å². The summed E-state index contributed by atoms with van der Waals surface area (Å²) in [6.07, 6.45) is 0. The second kappa shape index (κ2) is 11.0. The Hall–Kier alpha value is -1.71. The fourth-order valence-corrected chi connectivity index (χ4v) is 2.13. The zero-order valence-electron chi connectivity index (χ0n) is 14.3. The fraction of sp³-hybridized carbons (Fsp3) is 0.438. The molecule has 9 heteroatoms. The second-order valence-corrected chi connectivity index (χ2v) is 6.76. The van der Waals surface area contributed by atoms with Crippen molar-refractivity contribution in [2.75, 3.05) is 19.8 Å². The fourth-order valence-electron chi connectivity index (χ4n) is 1.62. The van der Waals surface area contributed by atoms with Crippen molar-refractivity contribution in [3.05, 3.63) is 28.2 Å². The summed E-state index contributed by atoms with van der Waals surface area (Å²) in [5, 5.41) is 2.45. The molecular weight excluding hydrogens is 410 g/mol. The molecule has 0 fully saturated rings. The molecule has 3 N–H and O–H groups in total. The number of thiocarbonyl (C=S) groups is 1. The highest BCUT2D eigenvalue weighted by atomic mass is 79.9. The van der Waals surface area contributed by atoms with Crippen molar-refractivity contribution < 1.29 is 19.1 Å². The van der Waals surface area contributed by atoms with Crippen molar-refractivity contribution in [2.45, 2.75) is 20.8 Å².